The first-order chi connectivity index (χ1) is 16.6. The zero-order valence-electron chi connectivity index (χ0n) is 20.2. The van der Waals surface area contributed by atoms with Crippen LogP contribution in [0.2, 0.25) is 0 Å². The Labute approximate surface area is 203 Å². The molecule has 3 aromatic rings. The number of ether oxygens (including phenoxy) is 1. The van der Waals surface area contributed by atoms with Gasteiger partial charge in [-0.3, -0.25) is 4.90 Å². The largest absolute Gasteiger partial charge is 0.491 e. The summed E-state index contributed by atoms with van der Waals surface area (Å²) in [5.41, 5.74) is 3.19. The lowest BCUT2D eigenvalue weighted by Gasteiger charge is -2.31. The van der Waals surface area contributed by atoms with E-state index >= 15 is 0 Å². The van der Waals surface area contributed by atoms with E-state index < -0.39 is 6.10 Å². The number of aryl methyl sites for hydroxylation is 1. The van der Waals surface area contributed by atoms with Crippen molar-refractivity contribution >= 4 is 0 Å². The van der Waals surface area contributed by atoms with Gasteiger partial charge in [0.1, 0.15) is 24.3 Å². The topological polar surface area (TPSA) is 37.6 Å². The maximum absolute atomic E-state index is 13.7. The van der Waals surface area contributed by atoms with Crippen LogP contribution in [0.5, 0.6) is 5.75 Å². The summed E-state index contributed by atoms with van der Waals surface area (Å²) in [6.07, 6.45) is 7.93. The normalized spacial score (nSPS) is 15.5. The molecule has 1 heterocycles. The SMILES string of the molecule is Cc1ccccc1OCC(O)CN(Cc1cccn1Cc1cccc(F)c1)CC1CCCCC1. The molecule has 1 N–H and O–H groups in total. The predicted octanol–water partition coefficient (Wildman–Crippen LogP) is 5.81. The molecule has 1 aliphatic carbocycles. The van der Waals surface area contributed by atoms with Gasteiger partial charge in [0.15, 0.2) is 0 Å². The number of halogens is 1. The highest BCUT2D eigenvalue weighted by Gasteiger charge is 2.21. The molecular formula is C29H37FN2O2. The number of rotatable bonds is 11. The highest BCUT2D eigenvalue weighted by atomic mass is 19.1. The van der Waals surface area contributed by atoms with Gasteiger partial charge < -0.3 is 14.4 Å². The highest BCUT2D eigenvalue weighted by Crippen LogP contribution is 2.25. The number of aliphatic hydroxyl groups excluding tert-OH is 1. The van der Waals surface area contributed by atoms with E-state index in [-0.39, 0.29) is 12.4 Å². The summed E-state index contributed by atoms with van der Waals surface area (Å²) in [5.74, 6) is 1.29. The van der Waals surface area contributed by atoms with Crippen LogP contribution in [0, 0.1) is 18.7 Å². The van der Waals surface area contributed by atoms with Gasteiger partial charge in [-0.15, -0.1) is 0 Å². The lowest BCUT2D eigenvalue weighted by molar-refractivity contribution is 0.0558. The molecule has 1 saturated carbocycles. The van der Waals surface area contributed by atoms with Crippen molar-refractivity contribution in [1.29, 1.82) is 0 Å². The molecule has 5 heteroatoms. The van der Waals surface area contributed by atoms with Crippen LogP contribution >= 0.6 is 0 Å². The summed E-state index contributed by atoms with van der Waals surface area (Å²) in [4.78, 5) is 2.37. The fourth-order valence-corrected chi connectivity index (χ4v) is 5.00. The van der Waals surface area contributed by atoms with Gasteiger partial charge in [0, 0.05) is 38.1 Å². The van der Waals surface area contributed by atoms with Gasteiger partial charge in [-0.2, -0.15) is 0 Å². The maximum Gasteiger partial charge on any atom is 0.123 e. The first-order valence-corrected chi connectivity index (χ1v) is 12.5. The minimum absolute atomic E-state index is 0.207. The van der Waals surface area contributed by atoms with E-state index in [9.17, 15) is 9.50 Å². The monoisotopic (exact) mass is 464 g/mol. The van der Waals surface area contributed by atoms with Gasteiger partial charge in [-0.25, -0.2) is 4.39 Å². The smallest absolute Gasteiger partial charge is 0.123 e. The van der Waals surface area contributed by atoms with Crippen molar-refractivity contribution in [3.8, 4) is 5.75 Å². The van der Waals surface area contributed by atoms with Gasteiger partial charge in [0.25, 0.3) is 0 Å². The van der Waals surface area contributed by atoms with E-state index in [4.69, 9.17) is 4.74 Å². The van der Waals surface area contributed by atoms with Crippen molar-refractivity contribution in [2.75, 3.05) is 19.7 Å². The third-order valence-corrected chi connectivity index (χ3v) is 6.79. The standard InChI is InChI=1S/C29H37FN2O2/c1-23-9-5-6-15-29(23)34-22-28(33)21-31(18-24-10-3-2-4-11-24)20-27-14-8-16-32(27)19-25-12-7-13-26(30)17-25/h5-9,12-17,24,28,33H,2-4,10-11,18-22H2,1H3. The second kappa shape index (κ2) is 12.2. The molecule has 1 aliphatic rings. The van der Waals surface area contributed by atoms with Gasteiger partial charge in [0.2, 0.25) is 0 Å². The Balaban J connectivity index is 1.41. The lowest BCUT2D eigenvalue weighted by Crippen LogP contribution is -2.39. The number of para-hydroxylation sites is 1. The Morgan fingerprint density at radius 1 is 1.06 bits per heavy atom. The summed E-state index contributed by atoms with van der Waals surface area (Å²) in [5, 5.41) is 10.8. The number of hydrogen-bond acceptors (Lipinski definition) is 3. The Hall–Kier alpha value is -2.63. The summed E-state index contributed by atoms with van der Waals surface area (Å²) in [6, 6.07) is 18.9. The molecule has 0 spiro atoms. The van der Waals surface area contributed by atoms with Crippen LogP contribution < -0.4 is 4.74 Å². The van der Waals surface area contributed by atoms with E-state index in [1.807, 2.05) is 43.3 Å². The van der Waals surface area contributed by atoms with Crippen molar-refractivity contribution in [1.82, 2.24) is 9.47 Å². The first kappa shape index (κ1) is 24.5. The van der Waals surface area contributed by atoms with Crippen molar-refractivity contribution in [3.63, 3.8) is 0 Å². The molecule has 182 valence electrons. The molecule has 0 amide bonds. The average Bonchev–Trinajstić information content (AvgIpc) is 3.25. The third kappa shape index (κ3) is 7.18. The van der Waals surface area contributed by atoms with Gasteiger partial charge in [-0.05, 0) is 67.1 Å². The highest BCUT2D eigenvalue weighted by molar-refractivity contribution is 5.31. The molecule has 1 unspecified atom stereocenters. The van der Waals surface area contributed by atoms with Crippen molar-refractivity contribution in [3.05, 3.63) is 89.5 Å². The molecular weight excluding hydrogens is 427 g/mol. The third-order valence-electron chi connectivity index (χ3n) is 6.79. The Bertz CT molecular complexity index is 1030. The zero-order chi connectivity index (χ0) is 23.8. The molecule has 1 fully saturated rings. The van der Waals surface area contributed by atoms with Gasteiger partial charge in [-0.1, -0.05) is 49.6 Å². The molecule has 0 aliphatic heterocycles. The van der Waals surface area contributed by atoms with Crippen LogP contribution in [0.25, 0.3) is 0 Å². The number of nitrogens with zero attached hydrogens (tertiary/aromatic N) is 2. The van der Waals surface area contributed by atoms with Crippen LogP contribution in [0.4, 0.5) is 4.39 Å². The number of hydrogen-bond donors (Lipinski definition) is 1. The zero-order valence-corrected chi connectivity index (χ0v) is 20.2. The molecule has 4 nitrogen and oxygen atoms in total. The molecule has 0 bridgehead atoms. The molecule has 34 heavy (non-hydrogen) atoms. The van der Waals surface area contributed by atoms with Crippen LogP contribution in [-0.2, 0) is 13.1 Å². The molecule has 1 aromatic heterocycles. The van der Waals surface area contributed by atoms with Crippen LogP contribution in [0.15, 0.2) is 66.9 Å². The second-order valence-electron chi connectivity index (χ2n) is 9.69. The Morgan fingerprint density at radius 2 is 1.88 bits per heavy atom. The summed E-state index contributed by atoms with van der Waals surface area (Å²) >= 11 is 0. The van der Waals surface area contributed by atoms with Crippen molar-refractivity contribution < 1.29 is 14.2 Å². The van der Waals surface area contributed by atoms with Crippen LogP contribution in [0.1, 0.15) is 48.9 Å². The summed E-state index contributed by atoms with van der Waals surface area (Å²) in [6.45, 7) is 5.22. The molecule has 0 saturated heterocycles. The fraction of sp³-hybridized carbons (Fsp3) is 0.448. The average molecular weight is 465 g/mol. The van der Waals surface area contributed by atoms with E-state index in [1.165, 1.54) is 43.9 Å². The molecule has 2 aromatic carbocycles. The van der Waals surface area contributed by atoms with Crippen LogP contribution in [-0.4, -0.2) is 40.4 Å². The van der Waals surface area contributed by atoms with E-state index in [0.717, 1.165) is 30.0 Å². The molecule has 0 radical (unpaired) electrons. The summed E-state index contributed by atoms with van der Waals surface area (Å²) < 4.78 is 21.8. The van der Waals surface area contributed by atoms with E-state index in [2.05, 4.69) is 21.7 Å². The number of aliphatic hydroxyl groups is 1. The van der Waals surface area contributed by atoms with E-state index in [1.54, 1.807) is 12.1 Å². The van der Waals surface area contributed by atoms with Crippen LogP contribution in [0.3, 0.4) is 0 Å². The fourth-order valence-electron chi connectivity index (χ4n) is 5.00. The number of benzene rings is 2. The van der Waals surface area contributed by atoms with Crippen molar-refractivity contribution in [2.24, 2.45) is 5.92 Å². The lowest BCUT2D eigenvalue weighted by atomic mass is 9.89. The second-order valence-corrected chi connectivity index (χ2v) is 9.69. The Morgan fingerprint density at radius 3 is 2.68 bits per heavy atom. The van der Waals surface area contributed by atoms with Gasteiger partial charge >= 0.3 is 0 Å². The minimum atomic E-state index is -0.574. The summed E-state index contributed by atoms with van der Waals surface area (Å²) in [7, 11) is 0. The predicted molar refractivity (Wildman–Crippen MR) is 134 cm³/mol. The molecule has 1 atom stereocenters. The van der Waals surface area contributed by atoms with Gasteiger partial charge in [0.05, 0.1) is 0 Å². The van der Waals surface area contributed by atoms with Crippen molar-refractivity contribution in [2.45, 2.75) is 58.2 Å². The quantitative estimate of drug-likeness (QED) is 0.389. The first-order valence-electron chi connectivity index (χ1n) is 12.5. The van der Waals surface area contributed by atoms with E-state index in [0.29, 0.717) is 19.0 Å². The number of aromatic nitrogens is 1. The molecule has 4 rings (SSSR count). The Kier molecular flexibility index (Phi) is 8.78. The maximum atomic E-state index is 13.7. The minimum Gasteiger partial charge on any atom is -0.491 e.